The molecule has 4 fully saturated rings. The number of amides is 1. The van der Waals surface area contributed by atoms with Crippen LogP contribution in [0.4, 0.5) is 4.79 Å². The number of fused-ring (bicyclic) bond motifs is 5. The molecule has 4 aliphatic carbocycles. The highest BCUT2D eigenvalue weighted by atomic mass is 16.6. The number of esters is 1. The fourth-order valence-corrected chi connectivity index (χ4v) is 9.65. The van der Waals surface area contributed by atoms with Crippen molar-refractivity contribution < 1.29 is 19.1 Å². The van der Waals surface area contributed by atoms with E-state index in [0.717, 1.165) is 55.9 Å². The number of alkyl carbamates (subject to hydrolysis) is 1. The lowest BCUT2D eigenvalue weighted by Crippen LogP contribution is -2.55. The molecule has 4 aliphatic rings. The summed E-state index contributed by atoms with van der Waals surface area (Å²) in [5.74, 6) is 3.93. The van der Waals surface area contributed by atoms with Crippen molar-refractivity contribution in [3.63, 3.8) is 0 Å². The van der Waals surface area contributed by atoms with Crippen LogP contribution in [0, 0.1) is 40.4 Å². The Hall–Kier alpha value is -1.30. The van der Waals surface area contributed by atoms with Crippen molar-refractivity contribution in [1.82, 2.24) is 10.6 Å². The quantitative estimate of drug-likeness (QED) is 0.264. The number of ether oxygens (including phenoxy) is 2. The van der Waals surface area contributed by atoms with E-state index in [-0.39, 0.29) is 18.2 Å². The van der Waals surface area contributed by atoms with Gasteiger partial charge in [-0.2, -0.15) is 0 Å². The second kappa shape index (κ2) is 11.7. The first-order valence-electron chi connectivity index (χ1n) is 15.7. The smallest absolute Gasteiger partial charge is 0.407 e. The molecular formula is C32H56N2O4. The molecule has 6 nitrogen and oxygen atoms in total. The molecule has 0 saturated heterocycles. The zero-order chi connectivity index (χ0) is 27.7. The Kier molecular flexibility index (Phi) is 9.11. The van der Waals surface area contributed by atoms with E-state index in [9.17, 15) is 9.59 Å². The molecule has 0 bridgehead atoms. The summed E-state index contributed by atoms with van der Waals surface area (Å²) in [4.78, 5) is 23.4. The lowest BCUT2D eigenvalue weighted by Gasteiger charge is -2.61. The van der Waals surface area contributed by atoms with Crippen molar-refractivity contribution in [1.29, 1.82) is 0 Å². The van der Waals surface area contributed by atoms with Crippen molar-refractivity contribution >= 4 is 12.1 Å². The van der Waals surface area contributed by atoms with Gasteiger partial charge in [-0.15, -0.1) is 0 Å². The molecule has 0 aliphatic heterocycles. The standard InChI is InChI=1S/C32H56N2O4/c1-21(33-18-8-9-19-34-29(36)38-30(3,4)5)26-12-13-27-25-11-10-23-20-24(37-22(2)35)14-16-31(23,6)28(25)15-17-32(26,27)7/h21,23-28,33H,8-20H2,1-7H3,(H,34,36)/t21?,23?,24-,25?,26+,27?,28?,31-,32+/m0/s1. The number of carbonyl (C=O) groups is 2. The normalized spacial score (nSPS) is 39.3. The minimum Gasteiger partial charge on any atom is -0.463 e. The van der Waals surface area contributed by atoms with Crippen LogP contribution in [-0.2, 0) is 14.3 Å². The van der Waals surface area contributed by atoms with Gasteiger partial charge in [0.1, 0.15) is 11.7 Å². The molecule has 5 unspecified atom stereocenters. The third-order valence-corrected chi connectivity index (χ3v) is 11.4. The van der Waals surface area contributed by atoms with Crippen LogP contribution in [0.15, 0.2) is 0 Å². The number of rotatable bonds is 8. The van der Waals surface area contributed by atoms with Gasteiger partial charge >= 0.3 is 12.1 Å². The van der Waals surface area contributed by atoms with Crippen LogP contribution >= 0.6 is 0 Å². The molecule has 38 heavy (non-hydrogen) atoms. The molecule has 0 aromatic heterocycles. The van der Waals surface area contributed by atoms with Gasteiger partial charge in [0.25, 0.3) is 0 Å². The van der Waals surface area contributed by atoms with Gasteiger partial charge in [0.15, 0.2) is 0 Å². The van der Waals surface area contributed by atoms with Gasteiger partial charge in [-0.1, -0.05) is 13.8 Å². The van der Waals surface area contributed by atoms with Crippen molar-refractivity contribution in [2.45, 2.75) is 137 Å². The van der Waals surface area contributed by atoms with Crippen LogP contribution < -0.4 is 10.6 Å². The molecule has 218 valence electrons. The maximum atomic E-state index is 11.8. The molecule has 2 N–H and O–H groups in total. The first-order valence-corrected chi connectivity index (χ1v) is 15.7. The van der Waals surface area contributed by atoms with Crippen molar-refractivity contribution in [2.24, 2.45) is 40.4 Å². The highest BCUT2D eigenvalue weighted by Crippen LogP contribution is 2.67. The van der Waals surface area contributed by atoms with Gasteiger partial charge in [0.2, 0.25) is 0 Å². The Balaban J connectivity index is 1.25. The van der Waals surface area contributed by atoms with Crippen LogP contribution in [0.3, 0.4) is 0 Å². The number of hydrogen-bond acceptors (Lipinski definition) is 5. The van der Waals surface area contributed by atoms with Gasteiger partial charge in [-0.05, 0) is 145 Å². The predicted octanol–water partition coefficient (Wildman–Crippen LogP) is 6.86. The molecule has 6 heteroatoms. The minimum atomic E-state index is -0.447. The highest BCUT2D eigenvalue weighted by Gasteiger charge is 2.60. The number of hydrogen-bond donors (Lipinski definition) is 2. The van der Waals surface area contributed by atoms with Gasteiger partial charge in [0, 0.05) is 19.5 Å². The van der Waals surface area contributed by atoms with E-state index in [2.05, 4.69) is 31.4 Å². The van der Waals surface area contributed by atoms with Crippen LogP contribution in [0.1, 0.15) is 119 Å². The van der Waals surface area contributed by atoms with E-state index in [1.165, 1.54) is 44.9 Å². The van der Waals surface area contributed by atoms with Crippen LogP contribution in [0.25, 0.3) is 0 Å². The summed E-state index contributed by atoms with van der Waals surface area (Å²) >= 11 is 0. The fourth-order valence-electron chi connectivity index (χ4n) is 9.65. The predicted molar refractivity (Wildman–Crippen MR) is 152 cm³/mol. The second-order valence-electron chi connectivity index (χ2n) is 14.8. The Morgan fingerprint density at radius 1 is 0.921 bits per heavy atom. The first-order chi connectivity index (χ1) is 17.8. The fraction of sp³-hybridized carbons (Fsp3) is 0.938. The lowest BCUT2D eigenvalue weighted by molar-refractivity contribution is -0.160. The monoisotopic (exact) mass is 532 g/mol. The molecule has 0 aromatic rings. The van der Waals surface area contributed by atoms with Crippen molar-refractivity contribution in [3.05, 3.63) is 0 Å². The van der Waals surface area contributed by atoms with Crippen LogP contribution in [0.2, 0.25) is 0 Å². The summed E-state index contributed by atoms with van der Waals surface area (Å²) in [7, 11) is 0. The zero-order valence-corrected chi connectivity index (χ0v) is 25.4. The maximum absolute atomic E-state index is 11.8. The van der Waals surface area contributed by atoms with Crippen LogP contribution in [-0.4, -0.2) is 42.9 Å². The van der Waals surface area contributed by atoms with Crippen molar-refractivity contribution in [3.8, 4) is 0 Å². The summed E-state index contributed by atoms with van der Waals surface area (Å²) in [6, 6.07) is 0.534. The minimum absolute atomic E-state index is 0.113. The van der Waals surface area contributed by atoms with Crippen LogP contribution in [0.5, 0.6) is 0 Å². The van der Waals surface area contributed by atoms with E-state index in [1.54, 1.807) is 6.92 Å². The Labute approximate surface area is 232 Å². The molecule has 0 radical (unpaired) electrons. The Morgan fingerprint density at radius 3 is 2.32 bits per heavy atom. The highest BCUT2D eigenvalue weighted by molar-refractivity contribution is 5.67. The number of nitrogens with one attached hydrogen (secondary N) is 2. The summed E-state index contributed by atoms with van der Waals surface area (Å²) in [6.07, 6.45) is 13.4. The average molecular weight is 533 g/mol. The molecule has 4 saturated carbocycles. The van der Waals surface area contributed by atoms with Gasteiger partial charge in [0.05, 0.1) is 0 Å². The summed E-state index contributed by atoms with van der Waals surface area (Å²) in [6.45, 7) is 16.5. The van der Waals surface area contributed by atoms with Gasteiger partial charge in [-0.3, -0.25) is 4.79 Å². The molecule has 0 heterocycles. The SMILES string of the molecule is CC(=O)O[C@H]1CC[C@@]2(C)C(CCC3C2CC[C@@]2(C)C3CC[C@@H]2C(C)NCCCCNC(=O)OC(C)(C)C)C1. The summed E-state index contributed by atoms with van der Waals surface area (Å²) < 4.78 is 11.0. The van der Waals surface area contributed by atoms with E-state index < -0.39 is 5.60 Å². The first kappa shape index (κ1) is 29.7. The number of unbranched alkanes of at least 4 members (excludes halogenated alkanes) is 1. The van der Waals surface area contributed by atoms with E-state index in [0.29, 0.717) is 29.3 Å². The molecule has 0 spiro atoms. The zero-order valence-electron chi connectivity index (χ0n) is 25.4. The molecule has 4 rings (SSSR count). The largest absolute Gasteiger partial charge is 0.463 e. The lowest BCUT2D eigenvalue weighted by atomic mass is 9.44. The average Bonchev–Trinajstić information content (AvgIpc) is 3.17. The van der Waals surface area contributed by atoms with E-state index >= 15 is 0 Å². The summed E-state index contributed by atoms with van der Waals surface area (Å²) in [5, 5.41) is 6.74. The molecule has 0 aromatic carbocycles. The topological polar surface area (TPSA) is 76.7 Å². The van der Waals surface area contributed by atoms with Crippen molar-refractivity contribution in [2.75, 3.05) is 13.1 Å². The Morgan fingerprint density at radius 2 is 1.61 bits per heavy atom. The molecular weight excluding hydrogens is 476 g/mol. The van der Waals surface area contributed by atoms with E-state index in [4.69, 9.17) is 9.47 Å². The number of carbonyl (C=O) groups excluding carboxylic acids is 2. The third kappa shape index (κ3) is 6.36. The summed E-state index contributed by atoms with van der Waals surface area (Å²) in [5.41, 5.74) is 0.428. The molecule has 9 atom stereocenters. The Bertz CT molecular complexity index is 840. The third-order valence-electron chi connectivity index (χ3n) is 11.4. The van der Waals surface area contributed by atoms with E-state index in [1.807, 2.05) is 20.8 Å². The maximum Gasteiger partial charge on any atom is 0.407 e. The van der Waals surface area contributed by atoms with Gasteiger partial charge in [-0.25, -0.2) is 4.79 Å². The molecule has 1 amide bonds. The second-order valence-corrected chi connectivity index (χ2v) is 14.8. The van der Waals surface area contributed by atoms with Gasteiger partial charge < -0.3 is 20.1 Å².